The summed E-state index contributed by atoms with van der Waals surface area (Å²) in [7, 11) is 1.75. The van der Waals surface area contributed by atoms with Crippen LogP contribution in [0.3, 0.4) is 0 Å². The number of benzene rings is 2. The molecule has 0 atom stereocenters. The van der Waals surface area contributed by atoms with Gasteiger partial charge in [0.05, 0.1) is 11.2 Å². The molecular formula is C27H30FN5O. The van der Waals surface area contributed by atoms with Gasteiger partial charge in [-0.1, -0.05) is 37.9 Å². The number of amides is 1. The summed E-state index contributed by atoms with van der Waals surface area (Å²) in [5.74, 6) is -0.247. The smallest absolute Gasteiger partial charge is 0.253 e. The van der Waals surface area contributed by atoms with Crippen LogP contribution in [0, 0.1) is 5.82 Å². The second kappa shape index (κ2) is 9.97. The number of carbonyl (C=O) groups is 1. The Morgan fingerprint density at radius 2 is 1.71 bits per heavy atom. The topological polar surface area (TPSA) is 63.4 Å². The number of aromatic nitrogens is 1. The Balaban J connectivity index is 1.42. The molecule has 0 unspecified atom stereocenters. The van der Waals surface area contributed by atoms with Crippen LogP contribution in [0.4, 0.5) is 4.39 Å². The molecule has 6 nitrogen and oxygen atoms in total. The van der Waals surface area contributed by atoms with E-state index in [0.717, 1.165) is 22.4 Å². The van der Waals surface area contributed by atoms with E-state index < -0.39 is 0 Å². The summed E-state index contributed by atoms with van der Waals surface area (Å²) in [6, 6.07) is 12.5. The highest BCUT2D eigenvalue weighted by molar-refractivity contribution is 5.94. The lowest BCUT2D eigenvalue weighted by Crippen LogP contribution is -2.48. The van der Waals surface area contributed by atoms with E-state index in [2.05, 4.69) is 40.5 Å². The molecule has 7 heteroatoms. The molecule has 176 valence electrons. The van der Waals surface area contributed by atoms with Crippen LogP contribution in [0.25, 0.3) is 16.6 Å². The Hall–Kier alpha value is -3.84. The van der Waals surface area contributed by atoms with Crippen molar-refractivity contribution in [3.05, 3.63) is 102 Å². The Bertz CT molecular complexity index is 1240. The predicted octanol–water partition coefficient (Wildman–Crippen LogP) is 4.07. The van der Waals surface area contributed by atoms with Gasteiger partial charge in [0.2, 0.25) is 0 Å². The first-order valence-corrected chi connectivity index (χ1v) is 11.3. The number of fused-ring (bicyclic) bond motifs is 1. The maximum absolute atomic E-state index is 14.8. The number of nitrogens with one attached hydrogen (secondary N) is 3. The van der Waals surface area contributed by atoms with Crippen molar-refractivity contribution in [3.8, 4) is 0 Å². The summed E-state index contributed by atoms with van der Waals surface area (Å²) in [4.78, 5) is 19.9. The molecule has 1 aromatic heterocycles. The molecule has 0 saturated carbocycles. The number of allylic oxidation sites excluding steroid dienone is 1. The minimum Gasteiger partial charge on any atom is -0.368 e. The summed E-state index contributed by atoms with van der Waals surface area (Å²) in [6.45, 7) is 15.1. The van der Waals surface area contributed by atoms with Gasteiger partial charge in [-0.15, -0.1) is 0 Å². The first kappa shape index (κ1) is 23.3. The van der Waals surface area contributed by atoms with Gasteiger partial charge < -0.3 is 20.2 Å². The molecule has 34 heavy (non-hydrogen) atoms. The molecule has 1 aliphatic heterocycles. The lowest BCUT2D eigenvalue weighted by Gasteiger charge is -2.37. The van der Waals surface area contributed by atoms with Crippen molar-refractivity contribution < 1.29 is 9.18 Å². The van der Waals surface area contributed by atoms with Crippen molar-refractivity contribution in [1.29, 1.82) is 0 Å². The van der Waals surface area contributed by atoms with Crippen LogP contribution in [-0.2, 0) is 6.42 Å². The highest BCUT2D eigenvalue weighted by Crippen LogP contribution is 2.30. The van der Waals surface area contributed by atoms with Crippen LogP contribution in [0.1, 0.15) is 21.5 Å². The zero-order valence-electron chi connectivity index (χ0n) is 19.5. The number of halogens is 1. The third kappa shape index (κ3) is 4.61. The van der Waals surface area contributed by atoms with Crippen LogP contribution in [0.15, 0.2) is 79.7 Å². The van der Waals surface area contributed by atoms with Crippen LogP contribution in [0.5, 0.6) is 0 Å². The number of piperazine rings is 1. The van der Waals surface area contributed by atoms with E-state index in [1.54, 1.807) is 13.1 Å². The van der Waals surface area contributed by atoms with Crippen molar-refractivity contribution >= 4 is 22.5 Å². The van der Waals surface area contributed by atoms with Gasteiger partial charge in [0.1, 0.15) is 5.82 Å². The van der Waals surface area contributed by atoms with Gasteiger partial charge in [0.25, 0.3) is 5.91 Å². The van der Waals surface area contributed by atoms with Gasteiger partial charge in [0, 0.05) is 68.1 Å². The molecule has 1 saturated heterocycles. The Morgan fingerprint density at radius 3 is 2.38 bits per heavy atom. The lowest BCUT2D eigenvalue weighted by molar-refractivity contribution is 0.0672. The summed E-state index contributed by atoms with van der Waals surface area (Å²) < 4.78 is 14.8. The quantitative estimate of drug-likeness (QED) is 0.351. The first-order valence-electron chi connectivity index (χ1n) is 11.3. The fourth-order valence-corrected chi connectivity index (χ4v) is 4.38. The summed E-state index contributed by atoms with van der Waals surface area (Å²) in [5.41, 5.74) is 11.1. The normalized spacial score (nSPS) is 13.7. The number of carbonyl (C=O) groups excluding carboxylic acids is 1. The van der Waals surface area contributed by atoms with Crippen molar-refractivity contribution in [1.82, 2.24) is 25.6 Å². The van der Waals surface area contributed by atoms with E-state index in [1.807, 2.05) is 41.4 Å². The molecule has 0 bridgehead atoms. The van der Waals surface area contributed by atoms with E-state index in [9.17, 15) is 9.18 Å². The summed E-state index contributed by atoms with van der Waals surface area (Å²) >= 11 is 0. The third-order valence-corrected chi connectivity index (χ3v) is 6.25. The van der Waals surface area contributed by atoms with E-state index >= 15 is 0 Å². The van der Waals surface area contributed by atoms with Crippen LogP contribution >= 0.6 is 0 Å². The van der Waals surface area contributed by atoms with E-state index in [0.29, 0.717) is 54.8 Å². The van der Waals surface area contributed by atoms with Crippen molar-refractivity contribution in [2.75, 3.05) is 33.2 Å². The number of hydrogen-bond donors (Lipinski definition) is 3. The Labute approximate surface area is 199 Å². The maximum atomic E-state index is 14.8. The van der Waals surface area contributed by atoms with Gasteiger partial charge in [-0.25, -0.2) is 9.82 Å². The molecule has 0 aliphatic carbocycles. The van der Waals surface area contributed by atoms with Crippen LogP contribution in [0.2, 0.25) is 0 Å². The lowest BCUT2D eigenvalue weighted by atomic mass is 10.0. The molecule has 3 aromatic rings. The SMILES string of the molecule is C=C(Cc1c[nH]c2c(C(=C)NNC)ccc(F)c12)C(=C)N1CCN(C(=O)c2ccccc2)CC1. The largest absolute Gasteiger partial charge is 0.368 e. The maximum Gasteiger partial charge on any atom is 0.253 e. The van der Waals surface area contributed by atoms with Gasteiger partial charge in [-0.2, -0.15) is 0 Å². The number of nitrogens with zero attached hydrogens (tertiary/aromatic N) is 2. The van der Waals surface area contributed by atoms with Gasteiger partial charge in [-0.05, 0) is 35.4 Å². The zero-order valence-corrected chi connectivity index (χ0v) is 19.5. The van der Waals surface area contributed by atoms with Gasteiger partial charge in [0.15, 0.2) is 0 Å². The van der Waals surface area contributed by atoms with Crippen LogP contribution < -0.4 is 10.9 Å². The van der Waals surface area contributed by atoms with E-state index in [4.69, 9.17) is 0 Å². The fraction of sp³-hybridized carbons (Fsp3) is 0.222. The molecule has 1 aliphatic rings. The molecule has 1 fully saturated rings. The first-order chi connectivity index (χ1) is 16.4. The predicted molar refractivity (Wildman–Crippen MR) is 135 cm³/mol. The fourth-order valence-electron chi connectivity index (χ4n) is 4.38. The number of hydrogen-bond acceptors (Lipinski definition) is 4. The zero-order chi connectivity index (χ0) is 24.2. The highest BCUT2D eigenvalue weighted by atomic mass is 19.1. The molecule has 3 N–H and O–H groups in total. The second-order valence-electron chi connectivity index (χ2n) is 8.38. The van der Waals surface area contributed by atoms with Gasteiger partial charge >= 0.3 is 0 Å². The summed E-state index contributed by atoms with van der Waals surface area (Å²) in [6.07, 6.45) is 2.28. The molecule has 0 radical (unpaired) electrons. The number of rotatable bonds is 8. The average Bonchev–Trinajstić information content (AvgIpc) is 3.28. The number of hydrazine groups is 1. The minimum atomic E-state index is -0.293. The van der Waals surface area contributed by atoms with Crippen LogP contribution in [-0.4, -0.2) is 53.9 Å². The Morgan fingerprint density at radius 1 is 1.03 bits per heavy atom. The summed E-state index contributed by atoms with van der Waals surface area (Å²) in [5, 5.41) is 0.531. The van der Waals surface area contributed by atoms with Crippen molar-refractivity contribution in [2.24, 2.45) is 0 Å². The van der Waals surface area contributed by atoms with Gasteiger partial charge in [-0.3, -0.25) is 4.79 Å². The Kier molecular flexibility index (Phi) is 6.84. The van der Waals surface area contributed by atoms with Crippen molar-refractivity contribution in [2.45, 2.75) is 6.42 Å². The standard InChI is InChI=1S/C27H30FN5O/c1-18(16-22-17-30-26-23(19(2)31-29-4)10-11-24(28)25(22)26)20(3)32-12-14-33(15-13-32)27(34)21-8-6-5-7-9-21/h5-11,17,29-31H,1-3,12-16H2,4H3. The third-order valence-electron chi connectivity index (χ3n) is 6.25. The van der Waals surface area contributed by atoms with E-state index in [1.165, 1.54) is 6.07 Å². The second-order valence-corrected chi connectivity index (χ2v) is 8.38. The average molecular weight is 460 g/mol. The monoisotopic (exact) mass is 459 g/mol. The highest BCUT2D eigenvalue weighted by Gasteiger charge is 2.24. The number of H-pyrrole nitrogens is 1. The molecular weight excluding hydrogens is 429 g/mol. The molecule has 0 spiro atoms. The minimum absolute atomic E-state index is 0.0455. The van der Waals surface area contributed by atoms with E-state index in [-0.39, 0.29) is 11.7 Å². The molecule has 2 heterocycles. The molecule has 2 aromatic carbocycles. The number of aromatic amines is 1. The molecule has 1 amide bonds. The van der Waals surface area contributed by atoms with Crippen molar-refractivity contribution in [3.63, 3.8) is 0 Å². The molecule has 4 rings (SSSR count).